The van der Waals surface area contributed by atoms with Crippen LogP contribution in [-0.2, 0) is 20.8 Å². The smallest absolute Gasteiger partial charge is 0.247 e. The van der Waals surface area contributed by atoms with Gasteiger partial charge in [0.25, 0.3) is 0 Å². The maximum atomic E-state index is 11.2. The lowest BCUT2D eigenvalue weighted by Gasteiger charge is -2.04. The van der Waals surface area contributed by atoms with Gasteiger partial charge < -0.3 is 5.32 Å². The summed E-state index contributed by atoms with van der Waals surface area (Å²) >= 11 is 0. The third-order valence-electron chi connectivity index (χ3n) is 1.85. The highest BCUT2D eigenvalue weighted by Gasteiger charge is 2.02. The van der Waals surface area contributed by atoms with Crippen molar-refractivity contribution in [3.63, 3.8) is 0 Å². The number of benzene rings is 1. The second kappa shape index (κ2) is 5.87. The van der Waals surface area contributed by atoms with Crippen LogP contribution in [0, 0.1) is 0 Å². The molecule has 1 aromatic rings. The Morgan fingerprint density at radius 1 is 1.25 bits per heavy atom. The summed E-state index contributed by atoms with van der Waals surface area (Å²) in [5.41, 5.74) is 3.79. The maximum absolute atomic E-state index is 11.2. The van der Waals surface area contributed by atoms with E-state index < -0.39 is 0 Å². The van der Waals surface area contributed by atoms with Crippen molar-refractivity contribution < 1.29 is 14.4 Å². The van der Waals surface area contributed by atoms with Crippen LogP contribution in [0.3, 0.4) is 0 Å². The minimum Gasteiger partial charge on any atom is -0.326 e. The average Bonchev–Trinajstić information content (AvgIpc) is 2.20. The summed E-state index contributed by atoms with van der Waals surface area (Å²) in [5, 5.41) is 2.65. The highest BCUT2D eigenvalue weighted by atomic mass is 16.6. The van der Waals surface area contributed by atoms with Crippen LogP contribution in [0.1, 0.15) is 12.5 Å². The van der Waals surface area contributed by atoms with Crippen LogP contribution < -0.4 is 10.8 Å². The topological polar surface area (TPSA) is 67.4 Å². The molecule has 1 rings (SSSR count). The van der Waals surface area contributed by atoms with Crippen LogP contribution in [0.15, 0.2) is 24.3 Å². The first-order valence-electron chi connectivity index (χ1n) is 4.80. The Morgan fingerprint density at radius 2 is 1.88 bits per heavy atom. The molecule has 0 aliphatic rings. The number of carbonyl (C=O) groups is 2. The number of carbonyl (C=O) groups excluding carboxylic acids is 2. The fraction of sp³-hybridized carbons (Fsp3) is 0.273. The highest BCUT2D eigenvalue weighted by molar-refractivity contribution is 5.88. The quantitative estimate of drug-likeness (QED) is 0.743. The van der Waals surface area contributed by atoms with Gasteiger partial charge in [0.2, 0.25) is 11.8 Å². The Hall–Kier alpha value is -1.88. The Morgan fingerprint density at radius 3 is 2.38 bits per heavy atom. The lowest BCUT2D eigenvalue weighted by molar-refractivity contribution is -0.130. The first-order valence-corrected chi connectivity index (χ1v) is 4.80. The van der Waals surface area contributed by atoms with Gasteiger partial charge in [-0.15, -0.1) is 0 Å². The van der Waals surface area contributed by atoms with E-state index >= 15 is 0 Å². The second-order valence-corrected chi connectivity index (χ2v) is 3.28. The zero-order valence-electron chi connectivity index (χ0n) is 9.24. The van der Waals surface area contributed by atoms with E-state index in [1.807, 2.05) is 0 Å². The largest absolute Gasteiger partial charge is 0.326 e. The van der Waals surface area contributed by atoms with Crippen LogP contribution >= 0.6 is 0 Å². The minimum absolute atomic E-state index is 0.120. The van der Waals surface area contributed by atoms with E-state index in [2.05, 4.69) is 15.6 Å². The van der Waals surface area contributed by atoms with Crippen molar-refractivity contribution in [1.82, 2.24) is 5.48 Å². The van der Waals surface area contributed by atoms with Crippen LogP contribution in [0.4, 0.5) is 5.69 Å². The van der Waals surface area contributed by atoms with Crippen LogP contribution in [0.25, 0.3) is 0 Å². The molecule has 0 saturated heterocycles. The third kappa shape index (κ3) is 4.10. The first kappa shape index (κ1) is 12.2. The number of rotatable bonds is 4. The van der Waals surface area contributed by atoms with Crippen molar-refractivity contribution in [3.05, 3.63) is 29.8 Å². The standard InChI is InChI=1S/C11H14N2O3/c1-8(14)12-10-5-3-9(4-6-10)7-11(15)13-16-2/h3-6H,7H2,1-2H3,(H,12,14)(H,13,15). The monoisotopic (exact) mass is 222 g/mol. The van der Waals surface area contributed by atoms with Crippen molar-refractivity contribution in [2.24, 2.45) is 0 Å². The summed E-state index contributed by atoms with van der Waals surface area (Å²) in [5.74, 6) is -0.334. The molecule has 0 heterocycles. The van der Waals surface area contributed by atoms with Gasteiger partial charge in [0.05, 0.1) is 13.5 Å². The lowest BCUT2D eigenvalue weighted by Crippen LogP contribution is -2.23. The van der Waals surface area contributed by atoms with E-state index in [4.69, 9.17) is 0 Å². The highest BCUT2D eigenvalue weighted by Crippen LogP contribution is 2.09. The molecule has 0 atom stereocenters. The molecule has 0 radical (unpaired) electrons. The minimum atomic E-state index is -0.213. The van der Waals surface area contributed by atoms with E-state index in [1.54, 1.807) is 24.3 Å². The molecule has 86 valence electrons. The van der Waals surface area contributed by atoms with Gasteiger partial charge in [-0.2, -0.15) is 0 Å². The van der Waals surface area contributed by atoms with E-state index in [9.17, 15) is 9.59 Å². The van der Waals surface area contributed by atoms with Gasteiger partial charge in [-0.3, -0.25) is 14.4 Å². The number of hydrogen-bond donors (Lipinski definition) is 2. The van der Waals surface area contributed by atoms with Crippen LogP contribution in [0.2, 0.25) is 0 Å². The number of hydrogen-bond acceptors (Lipinski definition) is 3. The first-order chi connectivity index (χ1) is 7.61. The van der Waals surface area contributed by atoms with Gasteiger partial charge in [0, 0.05) is 12.6 Å². The zero-order chi connectivity index (χ0) is 12.0. The molecular weight excluding hydrogens is 208 g/mol. The number of hydroxylamine groups is 1. The van der Waals surface area contributed by atoms with Gasteiger partial charge in [0.15, 0.2) is 0 Å². The molecule has 2 amide bonds. The summed E-state index contributed by atoms with van der Waals surface area (Å²) in [6, 6.07) is 7.05. The van der Waals surface area contributed by atoms with Crippen LogP contribution in [-0.4, -0.2) is 18.9 Å². The maximum Gasteiger partial charge on any atom is 0.247 e. The summed E-state index contributed by atoms with van der Waals surface area (Å²) < 4.78 is 0. The van der Waals surface area contributed by atoms with Gasteiger partial charge in [-0.05, 0) is 17.7 Å². The third-order valence-corrected chi connectivity index (χ3v) is 1.85. The zero-order valence-corrected chi connectivity index (χ0v) is 9.24. The van der Waals surface area contributed by atoms with Gasteiger partial charge >= 0.3 is 0 Å². The Labute approximate surface area is 93.7 Å². The Bertz CT molecular complexity index is 373. The van der Waals surface area contributed by atoms with E-state index in [0.29, 0.717) is 5.69 Å². The van der Waals surface area contributed by atoms with Gasteiger partial charge in [-0.25, -0.2) is 5.48 Å². The van der Waals surface area contributed by atoms with Crippen molar-refractivity contribution >= 4 is 17.5 Å². The molecule has 0 unspecified atom stereocenters. The average molecular weight is 222 g/mol. The Kier molecular flexibility index (Phi) is 4.47. The molecule has 0 aliphatic carbocycles. The molecule has 0 fully saturated rings. The predicted molar refractivity (Wildman–Crippen MR) is 59.6 cm³/mol. The summed E-state index contributed by atoms with van der Waals surface area (Å²) in [6.45, 7) is 1.44. The van der Waals surface area contributed by atoms with E-state index in [0.717, 1.165) is 5.56 Å². The molecule has 2 N–H and O–H groups in total. The predicted octanol–water partition coefficient (Wildman–Crippen LogP) is 0.865. The molecule has 0 aliphatic heterocycles. The van der Waals surface area contributed by atoms with Crippen molar-refractivity contribution in [1.29, 1.82) is 0 Å². The normalized spacial score (nSPS) is 9.62. The molecule has 0 aromatic heterocycles. The van der Waals surface area contributed by atoms with Crippen LogP contribution in [0.5, 0.6) is 0 Å². The summed E-state index contributed by atoms with van der Waals surface area (Å²) in [7, 11) is 1.39. The van der Waals surface area contributed by atoms with Crippen molar-refractivity contribution in [2.45, 2.75) is 13.3 Å². The number of amides is 2. The SMILES string of the molecule is CONC(=O)Cc1ccc(NC(C)=O)cc1. The molecule has 0 bridgehead atoms. The molecular formula is C11H14N2O3. The van der Waals surface area contributed by atoms with E-state index in [1.165, 1.54) is 14.0 Å². The molecule has 5 nitrogen and oxygen atoms in total. The van der Waals surface area contributed by atoms with Crippen molar-refractivity contribution in [3.8, 4) is 0 Å². The molecule has 16 heavy (non-hydrogen) atoms. The lowest BCUT2D eigenvalue weighted by atomic mass is 10.1. The molecule has 5 heteroatoms. The van der Waals surface area contributed by atoms with Gasteiger partial charge in [0.1, 0.15) is 0 Å². The fourth-order valence-electron chi connectivity index (χ4n) is 1.24. The second-order valence-electron chi connectivity index (χ2n) is 3.28. The Balaban J connectivity index is 2.57. The number of nitrogens with one attached hydrogen (secondary N) is 2. The molecule has 1 aromatic carbocycles. The van der Waals surface area contributed by atoms with Crippen molar-refractivity contribution in [2.75, 3.05) is 12.4 Å². The molecule has 0 spiro atoms. The molecule has 0 saturated carbocycles. The summed E-state index contributed by atoms with van der Waals surface area (Å²) in [6.07, 6.45) is 0.244. The number of anilines is 1. The van der Waals surface area contributed by atoms with E-state index in [-0.39, 0.29) is 18.2 Å². The van der Waals surface area contributed by atoms with Gasteiger partial charge in [-0.1, -0.05) is 12.1 Å². The fourth-order valence-corrected chi connectivity index (χ4v) is 1.24. The summed E-state index contributed by atoms with van der Waals surface area (Å²) in [4.78, 5) is 26.4.